The van der Waals surface area contributed by atoms with Gasteiger partial charge in [-0.15, -0.1) is 5.10 Å². The molecule has 0 aliphatic carbocycles. The van der Waals surface area contributed by atoms with Gasteiger partial charge >= 0.3 is 0 Å². The molecule has 42 heavy (non-hydrogen) atoms. The Balaban J connectivity index is 1.23. The van der Waals surface area contributed by atoms with E-state index < -0.39 is 5.82 Å². The second-order valence-electron chi connectivity index (χ2n) is 10.3. The topological polar surface area (TPSA) is 121 Å². The van der Waals surface area contributed by atoms with Crippen molar-refractivity contribution in [3.8, 4) is 17.1 Å². The van der Waals surface area contributed by atoms with Crippen molar-refractivity contribution in [1.82, 2.24) is 30.1 Å². The molecule has 0 saturated carbocycles. The summed E-state index contributed by atoms with van der Waals surface area (Å²) >= 11 is 6.96. The maximum atomic E-state index is 15.6. The molecular formula is C28H28ClFN8O3S. The summed E-state index contributed by atoms with van der Waals surface area (Å²) in [5, 5.41) is 12.0. The molecule has 1 atom stereocenters. The Morgan fingerprint density at radius 1 is 1.29 bits per heavy atom. The van der Waals surface area contributed by atoms with Gasteiger partial charge < -0.3 is 19.1 Å². The molecule has 2 aliphatic rings. The van der Waals surface area contributed by atoms with Crippen LogP contribution in [0, 0.1) is 5.82 Å². The number of nitrogens with one attached hydrogen (secondary N) is 2. The smallest absolute Gasteiger partial charge is 0.250 e. The predicted octanol–water partition coefficient (Wildman–Crippen LogP) is 3.53. The van der Waals surface area contributed by atoms with Gasteiger partial charge in [-0.1, -0.05) is 35.5 Å². The van der Waals surface area contributed by atoms with E-state index >= 15 is 4.39 Å². The first kappa shape index (κ1) is 28.2. The maximum Gasteiger partial charge on any atom is 0.250 e. The Morgan fingerprint density at radius 3 is 2.81 bits per heavy atom. The molecular weight excluding hydrogens is 583 g/mol. The molecule has 1 unspecified atom stereocenters. The van der Waals surface area contributed by atoms with Crippen molar-refractivity contribution in [2.24, 2.45) is 5.10 Å². The lowest BCUT2D eigenvalue weighted by Crippen LogP contribution is -2.45. The number of nitrogens with zero attached hydrogens (tertiary/aromatic N) is 6. The molecule has 1 amide bonds. The monoisotopic (exact) mass is 610 g/mol. The zero-order chi connectivity index (χ0) is 29.4. The van der Waals surface area contributed by atoms with Crippen LogP contribution in [0.1, 0.15) is 18.5 Å². The van der Waals surface area contributed by atoms with Crippen LogP contribution in [0.2, 0.25) is 5.02 Å². The Bertz CT molecular complexity index is 1730. The fourth-order valence-corrected chi connectivity index (χ4v) is 5.74. The molecule has 2 aliphatic heterocycles. The fourth-order valence-electron chi connectivity index (χ4n) is 5.03. The van der Waals surface area contributed by atoms with Gasteiger partial charge in [-0.05, 0) is 37.7 Å². The van der Waals surface area contributed by atoms with Crippen molar-refractivity contribution in [3.63, 3.8) is 0 Å². The van der Waals surface area contributed by atoms with Gasteiger partial charge in [0.2, 0.25) is 10.6 Å². The highest BCUT2D eigenvalue weighted by atomic mass is 35.5. The number of piperazine rings is 1. The summed E-state index contributed by atoms with van der Waals surface area (Å²) < 4.78 is 23.6. The summed E-state index contributed by atoms with van der Waals surface area (Å²) in [5.41, 5.74) is 4.09. The minimum atomic E-state index is -0.490. The number of hydrogen-bond acceptors (Lipinski definition) is 9. The van der Waals surface area contributed by atoms with Crippen LogP contribution in [0.4, 0.5) is 10.1 Å². The maximum absolute atomic E-state index is 15.6. The Labute approximate surface area is 249 Å². The van der Waals surface area contributed by atoms with Crippen molar-refractivity contribution in [1.29, 1.82) is 0 Å². The first-order chi connectivity index (χ1) is 20.3. The average Bonchev–Trinajstić information content (AvgIpc) is 3.45. The number of carbonyl (C=O) groups is 1. The van der Waals surface area contributed by atoms with Gasteiger partial charge in [0, 0.05) is 37.4 Å². The predicted molar refractivity (Wildman–Crippen MR) is 161 cm³/mol. The molecule has 6 rings (SSSR count). The van der Waals surface area contributed by atoms with Crippen molar-refractivity contribution in [3.05, 3.63) is 63.2 Å². The molecule has 2 aromatic heterocycles. The lowest BCUT2D eigenvalue weighted by molar-refractivity contribution is -0.118. The number of halogens is 2. The van der Waals surface area contributed by atoms with Crippen molar-refractivity contribution in [2.45, 2.75) is 18.1 Å². The summed E-state index contributed by atoms with van der Waals surface area (Å²) in [6.07, 6.45) is 3.23. The number of benzene rings is 2. The molecule has 1 saturated heterocycles. The molecule has 11 nitrogen and oxygen atoms in total. The van der Waals surface area contributed by atoms with Crippen molar-refractivity contribution < 1.29 is 13.9 Å². The van der Waals surface area contributed by atoms with E-state index in [1.165, 1.54) is 12.3 Å². The second kappa shape index (κ2) is 11.7. The first-order valence-electron chi connectivity index (χ1n) is 13.4. The van der Waals surface area contributed by atoms with Crippen LogP contribution >= 0.6 is 23.4 Å². The van der Waals surface area contributed by atoms with Crippen molar-refractivity contribution >= 4 is 52.1 Å². The minimum Gasteiger partial charge on any atom is -0.487 e. The molecule has 4 heterocycles. The number of amides is 1. The van der Waals surface area contributed by atoms with Gasteiger partial charge in [-0.3, -0.25) is 14.7 Å². The van der Waals surface area contributed by atoms with Crippen LogP contribution in [0.5, 0.6) is 5.75 Å². The molecule has 0 spiro atoms. The van der Waals surface area contributed by atoms with E-state index in [0.29, 0.717) is 41.7 Å². The van der Waals surface area contributed by atoms with E-state index in [2.05, 4.69) is 30.6 Å². The summed E-state index contributed by atoms with van der Waals surface area (Å²) in [7, 11) is 2.04. The molecule has 2 N–H and O–H groups in total. The molecule has 218 valence electrons. The lowest BCUT2D eigenvalue weighted by Gasteiger charge is -2.37. The number of hydrazone groups is 1. The van der Waals surface area contributed by atoms with Crippen LogP contribution in [-0.4, -0.2) is 82.4 Å². The molecule has 0 bridgehead atoms. The van der Waals surface area contributed by atoms with E-state index in [-0.39, 0.29) is 45.1 Å². The van der Waals surface area contributed by atoms with Gasteiger partial charge in [-0.2, -0.15) is 5.10 Å². The summed E-state index contributed by atoms with van der Waals surface area (Å²) in [6, 6.07) is 8.22. The standard InChI is InChI=1S/C28H28ClFN8O3S/c1-16-14-41-26-23-19(11-21(30)24(26)37-9-7-36(2)8-10-37)25(40)20(13-38(16)23)27-32-28(35-34-27)42-15-22(39)33-31-12-17-3-5-18(29)6-4-17/h3-6,11-13,16H,7-10,14-15H2,1-2H3,(H,33,39)(H,32,34,35)/b31-12+. The van der Waals surface area contributed by atoms with E-state index in [1.54, 1.807) is 30.5 Å². The molecule has 0 radical (unpaired) electrons. The number of ether oxygens (including phenoxy) is 1. The van der Waals surface area contributed by atoms with Gasteiger partial charge in [-0.25, -0.2) is 14.8 Å². The number of anilines is 1. The number of rotatable bonds is 7. The Kier molecular flexibility index (Phi) is 7.88. The number of pyridine rings is 1. The van der Waals surface area contributed by atoms with Gasteiger partial charge in [0.25, 0.3) is 5.91 Å². The number of aromatic nitrogens is 4. The normalized spacial score (nSPS) is 17.1. The number of aromatic amines is 1. The average molecular weight is 611 g/mol. The van der Waals surface area contributed by atoms with Gasteiger partial charge in [0.15, 0.2) is 17.4 Å². The number of thioether (sulfide) groups is 1. The largest absolute Gasteiger partial charge is 0.487 e. The van der Waals surface area contributed by atoms with E-state index in [0.717, 1.165) is 30.4 Å². The molecule has 14 heteroatoms. The van der Waals surface area contributed by atoms with Crippen LogP contribution < -0.4 is 20.5 Å². The third-order valence-corrected chi connectivity index (χ3v) is 8.39. The fraction of sp³-hybridized carbons (Fsp3) is 0.321. The second-order valence-corrected chi connectivity index (χ2v) is 11.6. The highest BCUT2D eigenvalue weighted by molar-refractivity contribution is 7.99. The first-order valence-corrected chi connectivity index (χ1v) is 14.8. The quantitative estimate of drug-likeness (QED) is 0.185. The van der Waals surface area contributed by atoms with Crippen LogP contribution in [0.15, 0.2) is 51.6 Å². The van der Waals surface area contributed by atoms with Gasteiger partial charge in [0.1, 0.15) is 12.3 Å². The summed E-state index contributed by atoms with van der Waals surface area (Å²) in [5.74, 6) is -0.196. The number of hydrogen-bond donors (Lipinski definition) is 2. The number of H-pyrrole nitrogens is 1. The van der Waals surface area contributed by atoms with Crippen LogP contribution in [-0.2, 0) is 4.79 Å². The van der Waals surface area contributed by atoms with Crippen LogP contribution in [0.25, 0.3) is 22.3 Å². The molecule has 2 aromatic carbocycles. The van der Waals surface area contributed by atoms with Crippen LogP contribution in [0.3, 0.4) is 0 Å². The highest BCUT2D eigenvalue weighted by Gasteiger charge is 2.30. The van der Waals surface area contributed by atoms with Crippen molar-refractivity contribution in [2.75, 3.05) is 50.5 Å². The van der Waals surface area contributed by atoms with Gasteiger partial charge in [0.05, 0.1) is 34.5 Å². The Morgan fingerprint density at radius 2 is 2.05 bits per heavy atom. The summed E-state index contributed by atoms with van der Waals surface area (Å²) in [6.45, 7) is 5.26. The third-order valence-electron chi connectivity index (χ3n) is 7.29. The highest BCUT2D eigenvalue weighted by Crippen LogP contribution is 2.42. The number of likely N-dealkylation sites (N-methyl/N-ethyl adjacent to an activating group) is 1. The molecule has 4 aromatic rings. The molecule has 1 fully saturated rings. The SMILES string of the molecule is CC1COc2c(N3CCN(C)CC3)c(F)cc3c(=O)c(-c4nc(SCC(=O)N/N=C/c5ccc(Cl)cc5)n[nH]4)cn1c23. The summed E-state index contributed by atoms with van der Waals surface area (Å²) in [4.78, 5) is 34.5. The zero-order valence-electron chi connectivity index (χ0n) is 22.9. The third kappa shape index (κ3) is 5.59. The van der Waals surface area contributed by atoms with E-state index in [9.17, 15) is 9.59 Å². The number of carbonyl (C=O) groups excluding carboxylic acids is 1. The van der Waals surface area contributed by atoms with E-state index in [4.69, 9.17) is 16.3 Å². The lowest BCUT2D eigenvalue weighted by atomic mass is 10.0. The zero-order valence-corrected chi connectivity index (χ0v) is 24.5. The minimum absolute atomic E-state index is 0.00914. The van der Waals surface area contributed by atoms with E-state index in [1.807, 2.05) is 23.4 Å². The Hall–Kier alpha value is -3.94.